The van der Waals surface area contributed by atoms with E-state index in [9.17, 15) is 24.3 Å². The van der Waals surface area contributed by atoms with Gasteiger partial charge in [0.05, 0.1) is 6.04 Å². The Balaban J connectivity index is 2.93. The van der Waals surface area contributed by atoms with Crippen LogP contribution in [-0.2, 0) is 25.6 Å². The van der Waals surface area contributed by atoms with Crippen LogP contribution in [0.3, 0.4) is 0 Å². The van der Waals surface area contributed by atoms with Gasteiger partial charge < -0.3 is 32.5 Å². The van der Waals surface area contributed by atoms with Crippen LogP contribution in [0.25, 0.3) is 0 Å². The second kappa shape index (κ2) is 15.9. The minimum Gasteiger partial charge on any atom is -0.480 e. The summed E-state index contributed by atoms with van der Waals surface area (Å²) in [7, 11) is 0. The number of hydrogen-bond acceptors (Lipinski definition) is 6. The summed E-state index contributed by atoms with van der Waals surface area (Å²) < 4.78 is 0. The average Bonchev–Trinajstić information content (AvgIpc) is 2.84. The Morgan fingerprint density at radius 1 is 0.889 bits per heavy atom. The third-order valence-electron chi connectivity index (χ3n) is 6.24. The van der Waals surface area contributed by atoms with Crippen LogP contribution in [-0.4, -0.2) is 59.5 Å². The number of carboxylic acids is 1. The molecule has 5 unspecified atom stereocenters. The number of nitrogens with two attached hydrogens (primary N) is 2. The van der Waals surface area contributed by atoms with Gasteiger partial charge >= 0.3 is 5.97 Å². The van der Waals surface area contributed by atoms with Crippen molar-refractivity contribution in [3.05, 3.63) is 35.9 Å². The fraction of sp³-hybridized carbons (Fsp3) is 0.615. The molecule has 0 aromatic heterocycles. The van der Waals surface area contributed by atoms with Crippen molar-refractivity contribution in [2.45, 2.75) is 84.0 Å². The van der Waals surface area contributed by atoms with Gasteiger partial charge in [-0.15, -0.1) is 0 Å². The lowest BCUT2D eigenvalue weighted by Gasteiger charge is -2.29. The standard InChI is InChI=1S/C26H43N5O5/c1-5-17(4)22(31-23(32)19(28)13-9-10-14-27)25(34)30-21(16(2)3)24(33)29-20(26(35)36)15-18-11-7-6-8-12-18/h6-8,11-12,16-17,19-22H,5,9-10,13-15,27-28H2,1-4H3,(H,29,33)(H,30,34)(H,31,32)(H,35,36). The molecule has 1 aromatic carbocycles. The Hall–Kier alpha value is -2.98. The third kappa shape index (κ3) is 10.3. The van der Waals surface area contributed by atoms with Crippen molar-refractivity contribution >= 4 is 23.7 Å². The highest BCUT2D eigenvalue weighted by molar-refractivity contribution is 5.94. The lowest BCUT2D eigenvalue weighted by Crippen LogP contribution is -2.59. The van der Waals surface area contributed by atoms with Crippen LogP contribution < -0.4 is 27.4 Å². The van der Waals surface area contributed by atoms with E-state index in [0.717, 1.165) is 12.0 Å². The second-order valence-electron chi connectivity index (χ2n) is 9.58. The number of carbonyl (C=O) groups excluding carboxylic acids is 3. The van der Waals surface area contributed by atoms with E-state index in [4.69, 9.17) is 11.5 Å². The molecule has 1 aromatic rings. The summed E-state index contributed by atoms with van der Waals surface area (Å²) in [6, 6.07) is 5.16. The monoisotopic (exact) mass is 505 g/mol. The third-order valence-corrected chi connectivity index (χ3v) is 6.24. The van der Waals surface area contributed by atoms with Gasteiger partial charge in [0.25, 0.3) is 0 Å². The lowest BCUT2D eigenvalue weighted by atomic mass is 9.95. The molecule has 1 rings (SSSR count). The van der Waals surface area contributed by atoms with Gasteiger partial charge in [-0.2, -0.15) is 0 Å². The Bertz CT molecular complexity index is 848. The summed E-state index contributed by atoms with van der Waals surface area (Å²) in [5.41, 5.74) is 12.2. The van der Waals surface area contributed by atoms with Gasteiger partial charge in [-0.1, -0.05) is 70.9 Å². The van der Waals surface area contributed by atoms with Gasteiger partial charge in [0.15, 0.2) is 0 Å². The second-order valence-corrected chi connectivity index (χ2v) is 9.58. The highest BCUT2D eigenvalue weighted by Gasteiger charge is 2.33. The number of carbonyl (C=O) groups is 4. The smallest absolute Gasteiger partial charge is 0.326 e. The Labute approximate surface area is 213 Å². The predicted molar refractivity (Wildman–Crippen MR) is 139 cm³/mol. The molecule has 0 bridgehead atoms. The predicted octanol–water partition coefficient (Wildman–Crippen LogP) is 0.927. The molecule has 5 atom stereocenters. The topological polar surface area (TPSA) is 177 Å². The van der Waals surface area contributed by atoms with Crippen molar-refractivity contribution in [1.82, 2.24) is 16.0 Å². The van der Waals surface area contributed by atoms with E-state index in [2.05, 4.69) is 16.0 Å². The molecular formula is C26H43N5O5. The van der Waals surface area contributed by atoms with E-state index in [1.165, 1.54) is 0 Å². The first-order chi connectivity index (χ1) is 17.0. The first-order valence-electron chi connectivity index (χ1n) is 12.6. The number of hydrogen-bond donors (Lipinski definition) is 6. The van der Waals surface area contributed by atoms with E-state index in [1.54, 1.807) is 38.1 Å². The number of nitrogens with one attached hydrogen (secondary N) is 3. The summed E-state index contributed by atoms with van der Waals surface area (Å²) in [6.45, 7) is 7.74. The highest BCUT2D eigenvalue weighted by Crippen LogP contribution is 2.12. The van der Waals surface area contributed by atoms with E-state index >= 15 is 0 Å². The molecule has 0 spiro atoms. The molecular weight excluding hydrogens is 462 g/mol. The minimum absolute atomic E-state index is 0.105. The molecule has 0 saturated heterocycles. The largest absolute Gasteiger partial charge is 0.480 e. The Morgan fingerprint density at radius 2 is 1.47 bits per heavy atom. The summed E-state index contributed by atoms with van der Waals surface area (Å²) in [6.07, 6.45) is 2.62. The summed E-state index contributed by atoms with van der Waals surface area (Å²) >= 11 is 0. The van der Waals surface area contributed by atoms with E-state index < -0.39 is 47.9 Å². The van der Waals surface area contributed by atoms with Crippen LogP contribution in [0, 0.1) is 11.8 Å². The van der Waals surface area contributed by atoms with Gasteiger partial charge in [0, 0.05) is 6.42 Å². The molecule has 3 amide bonds. The Kier molecular flexibility index (Phi) is 13.7. The van der Waals surface area contributed by atoms with E-state index in [0.29, 0.717) is 25.8 Å². The molecule has 0 heterocycles. The fourth-order valence-corrected chi connectivity index (χ4v) is 3.69. The van der Waals surface area contributed by atoms with Gasteiger partial charge in [0.2, 0.25) is 17.7 Å². The molecule has 10 heteroatoms. The molecule has 0 aliphatic rings. The maximum atomic E-state index is 13.2. The number of unbranched alkanes of at least 4 members (excludes halogenated alkanes) is 1. The quantitative estimate of drug-likeness (QED) is 0.181. The number of rotatable bonds is 16. The molecule has 36 heavy (non-hydrogen) atoms. The van der Waals surface area contributed by atoms with Crippen LogP contribution in [0.1, 0.15) is 58.9 Å². The maximum absolute atomic E-state index is 13.2. The van der Waals surface area contributed by atoms with Crippen LogP contribution in [0.2, 0.25) is 0 Å². The van der Waals surface area contributed by atoms with Gasteiger partial charge in [-0.05, 0) is 36.8 Å². The summed E-state index contributed by atoms with van der Waals surface area (Å²) in [4.78, 5) is 50.7. The number of amides is 3. The van der Waals surface area contributed by atoms with Crippen LogP contribution in [0.15, 0.2) is 30.3 Å². The highest BCUT2D eigenvalue weighted by atomic mass is 16.4. The zero-order chi connectivity index (χ0) is 27.3. The van der Waals surface area contributed by atoms with Crippen LogP contribution >= 0.6 is 0 Å². The normalized spacial score (nSPS) is 15.3. The van der Waals surface area contributed by atoms with Gasteiger partial charge in [-0.25, -0.2) is 4.79 Å². The Morgan fingerprint density at radius 3 is 2.00 bits per heavy atom. The maximum Gasteiger partial charge on any atom is 0.326 e. The van der Waals surface area contributed by atoms with Gasteiger partial charge in [0.1, 0.15) is 18.1 Å². The molecule has 0 saturated carbocycles. The number of benzene rings is 1. The van der Waals surface area contributed by atoms with Crippen molar-refractivity contribution in [2.24, 2.45) is 23.3 Å². The van der Waals surface area contributed by atoms with Crippen molar-refractivity contribution in [3.8, 4) is 0 Å². The van der Waals surface area contributed by atoms with E-state index in [-0.39, 0.29) is 18.3 Å². The van der Waals surface area contributed by atoms with Crippen molar-refractivity contribution in [1.29, 1.82) is 0 Å². The van der Waals surface area contributed by atoms with Gasteiger partial charge in [-0.3, -0.25) is 14.4 Å². The minimum atomic E-state index is -1.17. The van der Waals surface area contributed by atoms with Crippen molar-refractivity contribution < 1.29 is 24.3 Å². The first-order valence-corrected chi connectivity index (χ1v) is 12.6. The lowest BCUT2D eigenvalue weighted by molar-refractivity contribution is -0.142. The van der Waals surface area contributed by atoms with Crippen molar-refractivity contribution in [2.75, 3.05) is 6.54 Å². The van der Waals surface area contributed by atoms with Crippen LogP contribution in [0.4, 0.5) is 0 Å². The number of carboxylic acid groups (broad SMARTS) is 1. The zero-order valence-corrected chi connectivity index (χ0v) is 21.8. The van der Waals surface area contributed by atoms with Crippen molar-refractivity contribution in [3.63, 3.8) is 0 Å². The van der Waals surface area contributed by atoms with Crippen LogP contribution in [0.5, 0.6) is 0 Å². The molecule has 0 fully saturated rings. The first kappa shape index (κ1) is 31.1. The average molecular weight is 506 g/mol. The SMILES string of the molecule is CCC(C)C(NC(=O)C(N)CCCCN)C(=O)NC(C(=O)NC(Cc1ccccc1)C(=O)O)C(C)C. The fourth-order valence-electron chi connectivity index (χ4n) is 3.69. The summed E-state index contributed by atoms with van der Waals surface area (Å²) in [5.74, 6) is -3.27. The number of aliphatic carboxylic acids is 1. The molecule has 0 radical (unpaired) electrons. The molecule has 0 aliphatic carbocycles. The molecule has 0 aliphatic heterocycles. The summed E-state index contributed by atoms with van der Waals surface area (Å²) in [5, 5.41) is 17.6. The molecule has 10 nitrogen and oxygen atoms in total. The molecule has 202 valence electrons. The molecule has 8 N–H and O–H groups in total. The zero-order valence-electron chi connectivity index (χ0n) is 21.8. The van der Waals surface area contributed by atoms with E-state index in [1.807, 2.05) is 19.9 Å².